The van der Waals surface area contributed by atoms with Gasteiger partial charge in [-0.1, -0.05) is 34.4 Å². The van der Waals surface area contributed by atoms with Gasteiger partial charge in [-0.3, -0.25) is 0 Å². The molecule has 2 heterocycles. The second kappa shape index (κ2) is 5.78. The number of alkyl halides is 3. The van der Waals surface area contributed by atoms with E-state index in [-0.39, 0.29) is 11.5 Å². The van der Waals surface area contributed by atoms with Crippen LogP contribution in [-0.2, 0) is 6.18 Å². The molecule has 0 N–H and O–H groups in total. The maximum Gasteiger partial charge on any atom is 0.471 e. The number of benzene rings is 1. The number of rotatable bonds is 2. The molecular weight excluding hydrogens is 356 g/mol. The Labute approximate surface area is 137 Å². The molecule has 0 spiro atoms. The quantitative estimate of drug-likeness (QED) is 0.672. The molecule has 3 aromatic rings. The third-order valence-electron chi connectivity index (χ3n) is 2.78. The molecule has 5 nitrogen and oxygen atoms in total. The zero-order valence-electron chi connectivity index (χ0n) is 11.0. The molecular formula is C13H5Cl2F3N4O. The molecule has 0 fully saturated rings. The highest BCUT2D eigenvalue weighted by Crippen LogP contribution is 2.31. The van der Waals surface area contributed by atoms with Crippen molar-refractivity contribution in [1.29, 1.82) is 0 Å². The van der Waals surface area contributed by atoms with Crippen LogP contribution in [0.3, 0.4) is 0 Å². The summed E-state index contributed by atoms with van der Waals surface area (Å²) in [4.78, 5) is 11.2. The first-order chi connectivity index (χ1) is 10.8. The maximum absolute atomic E-state index is 12.5. The van der Waals surface area contributed by atoms with Gasteiger partial charge in [0.15, 0.2) is 0 Å². The highest BCUT2D eigenvalue weighted by atomic mass is 35.5. The van der Waals surface area contributed by atoms with Crippen molar-refractivity contribution in [2.75, 3.05) is 0 Å². The lowest BCUT2D eigenvalue weighted by molar-refractivity contribution is -0.159. The van der Waals surface area contributed by atoms with Crippen LogP contribution in [0.2, 0.25) is 10.0 Å². The Bertz CT molecular complexity index is 866. The van der Waals surface area contributed by atoms with Crippen molar-refractivity contribution in [2.45, 2.75) is 6.18 Å². The van der Waals surface area contributed by atoms with Crippen molar-refractivity contribution < 1.29 is 17.7 Å². The van der Waals surface area contributed by atoms with Gasteiger partial charge in [-0.05, 0) is 18.2 Å². The van der Waals surface area contributed by atoms with Crippen LogP contribution in [0.25, 0.3) is 22.8 Å². The number of nitrogens with zero attached hydrogens (tertiary/aromatic N) is 4. The van der Waals surface area contributed by atoms with Crippen LogP contribution < -0.4 is 0 Å². The van der Waals surface area contributed by atoms with Gasteiger partial charge in [0.25, 0.3) is 0 Å². The third-order valence-corrected chi connectivity index (χ3v) is 3.52. The highest BCUT2D eigenvalue weighted by Gasteiger charge is 2.38. The van der Waals surface area contributed by atoms with Gasteiger partial charge in [-0.2, -0.15) is 18.2 Å². The van der Waals surface area contributed by atoms with Gasteiger partial charge in [0.2, 0.25) is 5.82 Å². The van der Waals surface area contributed by atoms with Crippen molar-refractivity contribution in [3.63, 3.8) is 0 Å². The smallest absolute Gasteiger partial charge is 0.329 e. The van der Waals surface area contributed by atoms with E-state index in [0.717, 1.165) is 0 Å². The predicted octanol–water partition coefficient (Wildman–Crippen LogP) is 4.52. The fraction of sp³-hybridized carbons (Fsp3) is 0.0769. The molecule has 0 aliphatic carbocycles. The predicted molar refractivity (Wildman–Crippen MR) is 75.8 cm³/mol. The number of halogens is 5. The molecule has 118 valence electrons. The van der Waals surface area contributed by atoms with Gasteiger partial charge in [-0.15, -0.1) is 0 Å². The Balaban J connectivity index is 1.99. The molecule has 23 heavy (non-hydrogen) atoms. The topological polar surface area (TPSA) is 64.7 Å². The molecule has 0 aliphatic rings. The summed E-state index contributed by atoms with van der Waals surface area (Å²) in [5.74, 6) is -1.73. The van der Waals surface area contributed by atoms with E-state index in [1.54, 1.807) is 18.2 Å². The average molecular weight is 361 g/mol. The SMILES string of the molecule is FC(F)(F)c1nc(-c2cc(-c3ccc(Cl)c(Cl)c3)ncn2)no1. The van der Waals surface area contributed by atoms with E-state index < -0.39 is 12.1 Å². The summed E-state index contributed by atoms with van der Waals surface area (Å²) >= 11 is 11.8. The van der Waals surface area contributed by atoms with E-state index in [1.165, 1.54) is 12.4 Å². The van der Waals surface area contributed by atoms with E-state index in [4.69, 9.17) is 23.2 Å². The van der Waals surface area contributed by atoms with Gasteiger partial charge >= 0.3 is 12.1 Å². The van der Waals surface area contributed by atoms with Gasteiger partial charge < -0.3 is 4.52 Å². The van der Waals surface area contributed by atoms with Crippen LogP contribution in [0.15, 0.2) is 35.1 Å². The van der Waals surface area contributed by atoms with Gasteiger partial charge in [-0.25, -0.2) is 9.97 Å². The van der Waals surface area contributed by atoms with Crippen LogP contribution in [0.1, 0.15) is 5.89 Å². The Morgan fingerprint density at radius 1 is 0.957 bits per heavy atom. The summed E-state index contributed by atoms with van der Waals surface area (Å²) in [5.41, 5.74) is 1.12. The van der Waals surface area contributed by atoms with Crippen LogP contribution >= 0.6 is 23.2 Å². The second-order valence-corrected chi connectivity index (χ2v) is 5.15. The first kappa shape index (κ1) is 15.7. The minimum absolute atomic E-state index is 0.0836. The zero-order chi connectivity index (χ0) is 16.6. The van der Waals surface area contributed by atoms with Crippen LogP contribution in [-0.4, -0.2) is 20.1 Å². The largest absolute Gasteiger partial charge is 0.471 e. The van der Waals surface area contributed by atoms with Crippen molar-refractivity contribution in [3.05, 3.63) is 46.5 Å². The molecule has 0 amide bonds. The van der Waals surface area contributed by atoms with Crippen molar-refractivity contribution in [2.24, 2.45) is 0 Å². The third kappa shape index (κ3) is 3.27. The lowest BCUT2D eigenvalue weighted by Gasteiger charge is -2.03. The van der Waals surface area contributed by atoms with Gasteiger partial charge in [0, 0.05) is 5.56 Å². The number of hydrogen-bond donors (Lipinski definition) is 0. The highest BCUT2D eigenvalue weighted by molar-refractivity contribution is 6.42. The van der Waals surface area contributed by atoms with Gasteiger partial charge in [0.1, 0.15) is 12.0 Å². The van der Waals surface area contributed by atoms with Crippen molar-refractivity contribution in [1.82, 2.24) is 20.1 Å². The Morgan fingerprint density at radius 2 is 1.70 bits per heavy atom. The van der Waals surface area contributed by atoms with E-state index in [9.17, 15) is 13.2 Å². The van der Waals surface area contributed by atoms with E-state index in [2.05, 4.69) is 24.6 Å². The zero-order valence-corrected chi connectivity index (χ0v) is 12.5. The minimum atomic E-state index is -4.72. The molecule has 1 aromatic carbocycles. The molecule has 0 saturated heterocycles. The Morgan fingerprint density at radius 3 is 2.35 bits per heavy atom. The molecule has 0 saturated carbocycles. The van der Waals surface area contributed by atoms with Crippen LogP contribution in [0, 0.1) is 0 Å². The second-order valence-electron chi connectivity index (χ2n) is 4.34. The van der Waals surface area contributed by atoms with Gasteiger partial charge in [0.05, 0.1) is 15.7 Å². The first-order valence-electron chi connectivity index (χ1n) is 6.03. The molecule has 0 aliphatic heterocycles. The monoisotopic (exact) mass is 360 g/mol. The number of aromatic nitrogens is 4. The maximum atomic E-state index is 12.5. The van der Waals surface area contributed by atoms with E-state index in [1.807, 2.05) is 0 Å². The van der Waals surface area contributed by atoms with E-state index in [0.29, 0.717) is 21.3 Å². The molecule has 0 unspecified atom stereocenters. The first-order valence-corrected chi connectivity index (χ1v) is 6.79. The molecule has 0 bridgehead atoms. The van der Waals surface area contributed by atoms with Crippen molar-refractivity contribution in [3.8, 4) is 22.8 Å². The van der Waals surface area contributed by atoms with Crippen LogP contribution in [0.5, 0.6) is 0 Å². The van der Waals surface area contributed by atoms with E-state index >= 15 is 0 Å². The van der Waals surface area contributed by atoms with Crippen LogP contribution in [0.4, 0.5) is 13.2 Å². The summed E-state index contributed by atoms with van der Waals surface area (Å²) in [7, 11) is 0. The Kier molecular flexibility index (Phi) is 3.95. The molecule has 3 rings (SSSR count). The number of hydrogen-bond acceptors (Lipinski definition) is 5. The standard InChI is InChI=1S/C13H5Cl2F3N4O/c14-7-2-1-6(3-8(7)15)9-4-10(20-5-19-9)11-21-12(23-22-11)13(16,17)18/h1-5H. The molecule has 0 atom stereocenters. The summed E-state index contributed by atoms with van der Waals surface area (Å²) < 4.78 is 41.6. The fourth-order valence-corrected chi connectivity index (χ4v) is 2.03. The fourth-order valence-electron chi connectivity index (χ4n) is 1.74. The summed E-state index contributed by atoms with van der Waals surface area (Å²) in [6.07, 6.45) is -3.54. The molecule has 0 radical (unpaired) electrons. The summed E-state index contributed by atoms with van der Waals surface area (Å²) in [6, 6.07) is 6.24. The molecule has 2 aromatic heterocycles. The molecule has 10 heteroatoms. The Hall–Kier alpha value is -2.19. The lowest BCUT2D eigenvalue weighted by atomic mass is 10.1. The average Bonchev–Trinajstić information content (AvgIpc) is 3.00. The minimum Gasteiger partial charge on any atom is -0.329 e. The normalized spacial score (nSPS) is 11.7. The summed E-state index contributed by atoms with van der Waals surface area (Å²) in [5, 5.41) is 3.97. The summed E-state index contributed by atoms with van der Waals surface area (Å²) in [6.45, 7) is 0. The lowest BCUT2D eigenvalue weighted by Crippen LogP contribution is -2.04. The van der Waals surface area contributed by atoms with Crippen molar-refractivity contribution >= 4 is 23.2 Å².